The molecule has 126 valence electrons. The van der Waals surface area contributed by atoms with Crippen molar-refractivity contribution in [1.82, 2.24) is 5.32 Å². The van der Waals surface area contributed by atoms with Gasteiger partial charge in [0.05, 0.1) is 7.11 Å². The summed E-state index contributed by atoms with van der Waals surface area (Å²) in [6.07, 6.45) is 2.88. The van der Waals surface area contributed by atoms with Crippen LogP contribution in [0.5, 0.6) is 5.75 Å². The maximum Gasteiger partial charge on any atom is 0.188 e. The van der Waals surface area contributed by atoms with Gasteiger partial charge in [-0.15, -0.1) is 24.0 Å². The summed E-state index contributed by atoms with van der Waals surface area (Å²) in [5, 5.41) is 3.09. The number of hydrogen-bond acceptors (Lipinski definition) is 3. The Balaban J connectivity index is 0.00000441. The number of aliphatic imine (C=N–C) groups is 1. The Morgan fingerprint density at radius 1 is 1.32 bits per heavy atom. The molecule has 0 saturated carbocycles. The van der Waals surface area contributed by atoms with Crippen molar-refractivity contribution in [2.24, 2.45) is 10.7 Å². The number of aryl methyl sites for hydroxylation is 1. The van der Waals surface area contributed by atoms with Crippen LogP contribution in [-0.2, 0) is 11.2 Å². The molecule has 0 aromatic heterocycles. The summed E-state index contributed by atoms with van der Waals surface area (Å²) in [4.78, 5) is 4.31. The van der Waals surface area contributed by atoms with E-state index in [4.69, 9.17) is 15.2 Å². The maximum atomic E-state index is 5.79. The predicted molar refractivity (Wildman–Crippen MR) is 102 cm³/mol. The molecule has 5 nitrogen and oxygen atoms in total. The molecule has 0 spiro atoms. The number of methoxy groups -OCH3 is 1. The Labute approximate surface area is 150 Å². The molecule has 1 rings (SSSR count). The van der Waals surface area contributed by atoms with Gasteiger partial charge in [-0.2, -0.15) is 0 Å². The van der Waals surface area contributed by atoms with Crippen LogP contribution in [0.25, 0.3) is 0 Å². The second-order valence-corrected chi connectivity index (χ2v) is 4.70. The fraction of sp³-hybridized carbons (Fsp3) is 0.562. The second kappa shape index (κ2) is 13.6. The molecule has 22 heavy (non-hydrogen) atoms. The van der Waals surface area contributed by atoms with Gasteiger partial charge in [-0.3, -0.25) is 4.99 Å². The lowest BCUT2D eigenvalue weighted by Crippen LogP contribution is -2.33. The van der Waals surface area contributed by atoms with Crippen LogP contribution in [0.15, 0.2) is 29.3 Å². The molecule has 0 heterocycles. The van der Waals surface area contributed by atoms with Gasteiger partial charge in [0, 0.05) is 26.3 Å². The molecule has 0 aliphatic rings. The number of ether oxygens (including phenoxy) is 2. The lowest BCUT2D eigenvalue weighted by atomic mass is 10.1. The lowest BCUT2D eigenvalue weighted by molar-refractivity contribution is 0.145. The van der Waals surface area contributed by atoms with Gasteiger partial charge in [-0.1, -0.05) is 12.1 Å². The zero-order valence-electron chi connectivity index (χ0n) is 13.5. The monoisotopic (exact) mass is 421 g/mol. The molecule has 0 bridgehead atoms. The van der Waals surface area contributed by atoms with E-state index in [1.54, 1.807) is 7.11 Å². The van der Waals surface area contributed by atoms with Crippen LogP contribution in [0.3, 0.4) is 0 Å². The summed E-state index contributed by atoms with van der Waals surface area (Å²) in [7, 11) is 1.68. The van der Waals surface area contributed by atoms with Gasteiger partial charge in [0.25, 0.3) is 0 Å². The van der Waals surface area contributed by atoms with Crippen molar-refractivity contribution in [3.05, 3.63) is 29.8 Å². The third-order valence-corrected chi connectivity index (χ3v) is 3.02. The number of nitrogens with one attached hydrogen (secondary N) is 1. The van der Waals surface area contributed by atoms with Gasteiger partial charge >= 0.3 is 0 Å². The highest BCUT2D eigenvalue weighted by Gasteiger charge is 1.96. The van der Waals surface area contributed by atoms with Crippen molar-refractivity contribution in [3.63, 3.8) is 0 Å². The summed E-state index contributed by atoms with van der Waals surface area (Å²) in [6, 6.07) is 8.11. The number of nitrogens with zero attached hydrogens (tertiary/aromatic N) is 1. The molecule has 0 atom stereocenters. The molecule has 0 saturated heterocycles. The second-order valence-electron chi connectivity index (χ2n) is 4.70. The third-order valence-electron chi connectivity index (χ3n) is 3.02. The molecule has 0 fully saturated rings. The predicted octanol–water partition coefficient (Wildman–Crippen LogP) is 2.58. The minimum Gasteiger partial charge on any atom is -0.497 e. The third kappa shape index (κ3) is 9.83. The van der Waals surface area contributed by atoms with E-state index in [0.29, 0.717) is 5.96 Å². The molecule has 0 amide bonds. The topological polar surface area (TPSA) is 68.9 Å². The minimum atomic E-state index is 0. The quantitative estimate of drug-likeness (QED) is 0.264. The van der Waals surface area contributed by atoms with Crippen molar-refractivity contribution >= 4 is 29.9 Å². The van der Waals surface area contributed by atoms with Gasteiger partial charge in [0.2, 0.25) is 0 Å². The number of guanidine groups is 1. The fourth-order valence-electron chi connectivity index (χ4n) is 1.90. The lowest BCUT2D eigenvalue weighted by Gasteiger charge is -2.06. The molecule has 1 aromatic carbocycles. The van der Waals surface area contributed by atoms with Gasteiger partial charge in [0.15, 0.2) is 5.96 Å². The summed E-state index contributed by atoms with van der Waals surface area (Å²) >= 11 is 0. The van der Waals surface area contributed by atoms with Gasteiger partial charge in [-0.25, -0.2) is 0 Å². The van der Waals surface area contributed by atoms with E-state index in [0.717, 1.165) is 51.3 Å². The van der Waals surface area contributed by atoms with Crippen molar-refractivity contribution in [2.75, 3.05) is 33.4 Å². The molecule has 0 aliphatic heterocycles. The summed E-state index contributed by atoms with van der Waals surface area (Å²) in [6.45, 7) is 5.03. The Hall–Kier alpha value is -1.02. The number of halogens is 1. The van der Waals surface area contributed by atoms with Gasteiger partial charge in [-0.05, 0) is 43.9 Å². The minimum absolute atomic E-state index is 0. The Bertz CT molecular complexity index is 428. The first kappa shape index (κ1) is 21.0. The van der Waals surface area contributed by atoms with Crippen LogP contribution in [-0.4, -0.2) is 39.4 Å². The van der Waals surface area contributed by atoms with Gasteiger partial charge in [0.1, 0.15) is 5.75 Å². The van der Waals surface area contributed by atoms with E-state index in [9.17, 15) is 0 Å². The zero-order chi connectivity index (χ0) is 15.3. The van der Waals surface area contributed by atoms with Crippen molar-refractivity contribution in [2.45, 2.75) is 26.2 Å². The van der Waals surface area contributed by atoms with Crippen molar-refractivity contribution < 1.29 is 9.47 Å². The highest BCUT2D eigenvalue weighted by Crippen LogP contribution is 2.13. The average Bonchev–Trinajstić information content (AvgIpc) is 2.51. The van der Waals surface area contributed by atoms with Crippen LogP contribution >= 0.6 is 24.0 Å². The molecular weight excluding hydrogens is 393 g/mol. The number of nitrogens with two attached hydrogens (primary N) is 1. The first-order chi connectivity index (χ1) is 10.3. The number of benzene rings is 1. The maximum absolute atomic E-state index is 5.79. The van der Waals surface area contributed by atoms with E-state index in [-0.39, 0.29) is 24.0 Å². The first-order valence-corrected chi connectivity index (χ1v) is 7.50. The molecule has 3 N–H and O–H groups in total. The fourth-order valence-corrected chi connectivity index (χ4v) is 1.90. The largest absolute Gasteiger partial charge is 0.497 e. The van der Waals surface area contributed by atoms with Gasteiger partial charge < -0.3 is 20.5 Å². The molecule has 0 unspecified atom stereocenters. The summed E-state index contributed by atoms with van der Waals surface area (Å²) in [5.41, 5.74) is 7.05. The van der Waals surface area contributed by atoms with Crippen LogP contribution in [0.1, 0.15) is 25.3 Å². The molecular formula is C16H28IN3O2. The molecule has 0 aliphatic carbocycles. The van der Waals surface area contributed by atoms with E-state index >= 15 is 0 Å². The standard InChI is InChI=1S/C16H27N3O2.HI/c1-3-21-12-6-11-19-16(17)18-10-5-8-14-7-4-9-15(13-14)20-2;/h4,7,9,13H,3,5-6,8,10-12H2,1-2H3,(H3,17,18,19);1H. The summed E-state index contributed by atoms with van der Waals surface area (Å²) < 4.78 is 10.5. The van der Waals surface area contributed by atoms with Crippen LogP contribution in [0.2, 0.25) is 0 Å². The first-order valence-electron chi connectivity index (χ1n) is 7.50. The Morgan fingerprint density at radius 2 is 2.14 bits per heavy atom. The van der Waals surface area contributed by atoms with Crippen LogP contribution < -0.4 is 15.8 Å². The highest BCUT2D eigenvalue weighted by atomic mass is 127. The smallest absolute Gasteiger partial charge is 0.188 e. The van der Waals surface area contributed by atoms with Crippen LogP contribution in [0.4, 0.5) is 0 Å². The van der Waals surface area contributed by atoms with E-state index in [2.05, 4.69) is 22.4 Å². The molecule has 6 heteroatoms. The zero-order valence-corrected chi connectivity index (χ0v) is 15.8. The van der Waals surface area contributed by atoms with E-state index in [1.165, 1.54) is 5.56 Å². The van der Waals surface area contributed by atoms with E-state index < -0.39 is 0 Å². The summed E-state index contributed by atoms with van der Waals surface area (Å²) in [5.74, 6) is 1.41. The van der Waals surface area contributed by atoms with Crippen molar-refractivity contribution in [1.29, 1.82) is 0 Å². The van der Waals surface area contributed by atoms with Crippen LogP contribution in [0, 0.1) is 0 Å². The Kier molecular flexibility index (Phi) is 13.0. The number of rotatable bonds is 10. The van der Waals surface area contributed by atoms with Crippen molar-refractivity contribution in [3.8, 4) is 5.75 Å². The SMILES string of the molecule is CCOCCCNC(N)=NCCCc1cccc(OC)c1.I. The highest BCUT2D eigenvalue weighted by molar-refractivity contribution is 14.0. The molecule has 1 aromatic rings. The van der Waals surface area contributed by atoms with E-state index in [1.807, 2.05) is 19.1 Å². The number of hydrogen-bond donors (Lipinski definition) is 2. The Morgan fingerprint density at radius 3 is 2.86 bits per heavy atom. The molecule has 0 radical (unpaired) electrons. The average molecular weight is 421 g/mol. The normalized spacial score (nSPS) is 10.9.